The molecule has 1 aromatic heterocycles. The molecule has 0 spiro atoms. The summed E-state index contributed by atoms with van der Waals surface area (Å²) in [6, 6.07) is 3.48. The number of anilines is 1. The lowest BCUT2D eigenvalue weighted by atomic mass is 9.88. The molecule has 0 fully saturated rings. The van der Waals surface area contributed by atoms with Crippen molar-refractivity contribution in [3.8, 4) is 0 Å². The van der Waals surface area contributed by atoms with Gasteiger partial charge in [-0.1, -0.05) is 20.3 Å². The van der Waals surface area contributed by atoms with Crippen molar-refractivity contribution in [2.24, 2.45) is 5.92 Å². The lowest BCUT2D eigenvalue weighted by Crippen LogP contribution is -2.39. The highest BCUT2D eigenvalue weighted by atomic mass is 16.3. The van der Waals surface area contributed by atoms with Crippen LogP contribution in [0.3, 0.4) is 0 Å². The van der Waals surface area contributed by atoms with E-state index in [2.05, 4.69) is 22.5 Å². The van der Waals surface area contributed by atoms with Gasteiger partial charge < -0.3 is 15.7 Å². The molecule has 1 heterocycles. The summed E-state index contributed by atoms with van der Waals surface area (Å²) >= 11 is 0. The summed E-state index contributed by atoms with van der Waals surface area (Å²) in [5.74, 6) is 0.00420. The molecule has 0 saturated heterocycles. The molecule has 2 atom stereocenters. The molecule has 0 aliphatic heterocycles. The second-order valence-corrected chi connectivity index (χ2v) is 5.31. The zero-order valence-corrected chi connectivity index (χ0v) is 12.7. The molecule has 0 aromatic carbocycles. The fourth-order valence-electron chi connectivity index (χ4n) is 1.81. The first-order valence-electron chi connectivity index (χ1n) is 7.11. The van der Waals surface area contributed by atoms with Gasteiger partial charge >= 0.3 is 0 Å². The van der Waals surface area contributed by atoms with Crippen LogP contribution in [0.15, 0.2) is 18.3 Å². The summed E-state index contributed by atoms with van der Waals surface area (Å²) < 4.78 is 0. The Morgan fingerprint density at radius 3 is 2.80 bits per heavy atom. The predicted molar refractivity (Wildman–Crippen MR) is 80.8 cm³/mol. The van der Waals surface area contributed by atoms with Crippen molar-refractivity contribution in [2.75, 3.05) is 18.4 Å². The van der Waals surface area contributed by atoms with Gasteiger partial charge in [-0.05, 0) is 31.9 Å². The lowest BCUT2D eigenvalue weighted by Gasteiger charge is -2.30. The number of nitrogens with one attached hydrogen (secondary N) is 2. The molecule has 20 heavy (non-hydrogen) atoms. The average molecular weight is 279 g/mol. The molecular formula is C15H25N3O2. The molecule has 0 aliphatic carbocycles. The Balaban J connectivity index is 2.69. The van der Waals surface area contributed by atoms with Gasteiger partial charge in [-0.25, -0.2) is 0 Å². The van der Waals surface area contributed by atoms with Crippen molar-refractivity contribution in [3.63, 3.8) is 0 Å². The van der Waals surface area contributed by atoms with Crippen LogP contribution in [-0.2, 0) is 0 Å². The van der Waals surface area contributed by atoms with Gasteiger partial charge in [0.15, 0.2) is 0 Å². The van der Waals surface area contributed by atoms with Crippen LogP contribution in [0.1, 0.15) is 44.6 Å². The van der Waals surface area contributed by atoms with E-state index in [9.17, 15) is 9.90 Å². The third-order valence-corrected chi connectivity index (χ3v) is 3.65. The molecule has 5 nitrogen and oxygen atoms in total. The van der Waals surface area contributed by atoms with E-state index >= 15 is 0 Å². The highest BCUT2D eigenvalue weighted by molar-refractivity contribution is 5.93. The molecular weight excluding hydrogens is 254 g/mol. The number of carbonyl (C=O) groups excluding carboxylic acids is 1. The summed E-state index contributed by atoms with van der Waals surface area (Å²) in [7, 11) is 0. The molecule has 0 radical (unpaired) electrons. The van der Waals surface area contributed by atoms with E-state index in [1.54, 1.807) is 18.3 Å². The largest absolute Gasteiger partial charge is 0.388 e. The van der Waals surface area contributed by atoms with Gasteiger partial charge in [0.1, 0.15) is 5.69 Å². The summed E-state index contributed by atoms with van der Waals surface area (Å²) in [6.07, 6.45) is 2.50. The second kappa shape index (κ2) is 7.24. The second-order valence-electron chi connectivity index (χ2n) is 5.31. The van der Waals surface area contributed by atoms with Crippen molar-refractivity contribution in [1.29, 1.82) is 0 Å². The third-order valence-electron chi connectivity index (χ3n) is 3.65. The van der Waals surface area contributed by atoms with Crippen LogP contribution >= 0.6 is 0 Å². The van der Waals surface area contributed by atoms with E-state index in [1.165, 1.54) is 0 Å². The van der Waals surface area contributed by atoms with E-state index in [0.29, 0.717) is 18.8 Å². The van der Waals surface area contributed by atoms with Crippen LogP contribution in [-0.4, -0.2) is 34.7 Å². The minimum absolute atomic E-state index is 0.190. The standard InChI is InChI=1S/C15H25N3O2/c1-5-11(3)15(4,20)10-18-12-7-8-17-13(9-12)14(19)16-6-2/h7-9,11,20H,5-6,10H2,1-4H3,(H,16,19)(H,17,18). The molecule has 1 aromatic rings. The van der Waals surface area contributed by atoms with E-state index in [1.807, 2.05) is 20.8 Å². The highest BCUT2D eigenvalue weighted by Gasteiger charge is 2.26. The Morgan fingerprint density at radius 2 is 2.20 bits per heavy atom. The maximum absolute atomic E-state index is 11.7. The SMILES string of the molecule is CCNC(=O)c1cc(NCC(C)(O)C(C)CC)ccn1. The lowest BCUT2D eigenvalue weighted by molar-refractivity contribution is 0.0176. The quantitative estimate of drug-likeness (QED) is 0.714. The summed E-state index contributed by atoms with van der Waals surface area (Å²) in [4.78, 5) is 15.7. The number of aromatic nitrogens is 1. The number of rotatable bonds is 7. The Morgan fingerprint density at radius 1 is 1.50 bits per heavy atom. The van der Waals surface area contributed by atoms with Gasteiger partial charge in [-0.2, -0.15) is 0 Å². The zero-order chi connectivity index (χ0) is 15.2. The van der Waals surface area contributed by atoms with E-state index < -0.39 is 5.60 Å². The van der Waals surface area contributed by atoms with Crippen LogP contribution in [0.2, 0.25) is 0 Å². The number of carbonyl (C=O) groups is 1. The normalized spacial score (nSPS) is 15.2. The molecule has 0 aliphatic rings. The molecule has 1 amide bonds. The van der Waals surface area contributed by atoms with E-state index in [4.69, 9.17) is 0 Å². The number of hydrogen-bond donors (Lipinski definition) is 3. The average Bonchev–Trinajstić information content (AvgIpc) is 2.45. The van der Waals surface area contributed by atoms with Crippen LogP contribution in [0, 0.1) is 5.92 Å². The highest BCUT2D eigenvalue weighted by Crippen LogP contribution is 2.20. The van der Waals surface area contributed by atoms with Crippen LogP contribution in [0.4, 0.5) is 5.69 Å². The molecule has 0 saturated carbocycles. The van der Waals surface area contributed by atoms with Gasteiger partial charge in [0.05, 0.1) is 5.60 Å². The van der Waals surface area contributed by atoms with Crippen LogP contribution < -0.4 is 10.6 Å². The fraction of sp³-hybridized carbons (Fsp3) is 0.600. The fourth-order valence-corrected chi connectivity index (χ4v) is 1.81. The summed E-state index contributed by atoms with van der Waals surface area (Å²) in [6.45, 7) is 8.76. The van der Waals surface area contributed by atoms with Gasteiger partial charge in [0.25, 0.3) is 5.91 Å². The Bertz CT molecular complexity index is 446. The molecule has 5 heteroatoms. The first-order chi connectivity index (χ1) is 9.40. The van der Waals surface area contributed by atoms with Crippen molar-refractivity contribution >= 4 is 11.6 Å². The monoisotopic (exact) mass is 279 g/mol. The van der Waals surface area contributed by atoms with Gasteiger partial charge in [0.2, 0.25) is 0 Å². The smallest absolute Gasteiger partial charge is 0.269 e. The van der Waals surface area contributed by atoms with Crippen molar-refractivity contribution in [3.05, 3.63) is 24.0 Å². The van der Waals surface area contributed by atoms with E-state index in [0.717, 1.165) is 12.1 Å². The number of nitrogens with zero attached hydrogens (tertiary/aromatic N) is 1. The topological polar surface area (TPSA) is 74.2 Å². The van der Waals surface area contributed by atoms with Gasteiger partial charge in [-0.3, -0.25) is 9.78 Å². The van der Waals surface area contributed by atoms with Crippen molar-refractivity contribution < 1.29 is 9.90 Å². The van der Waals surface area contributed by atoms with E-state index in [-0.39, 0.29) is 11.8 Å². The van der Waals surface area contributed by atoms with Gasteiger partial charge in [-0.15, -0.1) is 0 Å². The Hall–Kier alpha value is -1.62. The summed E-state index contributed by atoms with van der Waals surface area (Å²) in [5.41, 5.74) is 0.369. The molecule has 3 N–H and O–H groups in total. The number of amides is 1. The molecule has 2 unspecified atom stereocenters. The molecule has 112 valence electrons. The first kappa shape index (κ1) is 16.4. The summed E-state index contributed by atoms with van der Waals surface area (Å²) in [5, 5.41) is 16.2. The Kier molecular flexibility index (Phi) is 5.95. The number of hydrogen-bond acceptors (Lipinski definition) is 4. The molecule has 1 rings (SSSR count). The number of aliphatic hydroxyl groups is 1. The van der Waals surface area contributed by atoms with Crippen LogP contribution in [0.25, 0.3) is 0 Å². The maximum atomic E-state index is 11.7. The predicted octanol–water partition coefficient (Wildman–Crippen LogP) is 2.04. The first-order valence-corrected chi connectivity index (χ1v) is 7.11. The minimum Gasteiger partial charge on any atom is -0.388 e. The van der Waals surface area contributed by atoms with Crippen molar-refractivity contribution in [1.82, 2.24) is 10.3 Å². The zero-order valence-electron chi connectivity index (χ0n) is 12.7. The third kappa shape index (κ3) is 4.49. The minimum atomic E-state index is -0.788. The van der Waals surface area contributed by atoms with Crippen molar-refractivity contribution in [2.45, 2.75) is 39.7 Å². The number of pyridine rings is 1. The maximum Gasteiger partial charge on any atom is 0.269 e. The molecule has 0 bridgehead atoms. The van der Waals surface area contributed by atoms with Crippen LogP contribution in [0.5, 0.6) is 0 Å². The van der Waals surface area contributed by atoms with Gasteiger partial charge in [0, 0.05) is 25.0 Å². The Labute approximate surface area is 120 Å².